The second kappa shape index (κ2) is 6.37. The van der Waals surface area contributed by atoms with Gasteiger partial charge < -0.3 is 10.2 Å². The molecule has 1 aliphatic rings. The van der Waals surface area contributed by atoms with Crippen LogP contribution >= 0.6 is 0 Å². The number of carbonyl (C=O) groups excluding carboxylic acids is 2. The second-order valence-electron chi connectivity index (χ2n) is 5.64. The third kappa shape index (κ3) is 3.23. The van der Waals surface area contributed by atoms with Gasteiger partial charge in [-0.05, 0) is 26.0 Å². The van der Waals surface area contributed by atoms with Gasteiger partial charge in [-0.15, -0.1) is 0 Å². The topological polar surface area (TPSA) is 49.4 Å². The zero-order valence-electron chi connectivity index (χ0n) is 12.3. The first kappa shape index (κ1) is 16.3. The number of likely N-dealkylation sites (tertiary alicyclic amines) is 1. The van der Waals surface area contributed by atoms with Gasteiger partial charge in [0, 0.05) is 31.5 Å². The highest BCUT2D eigenvalue weighted by atomic mass is 19.2. The summed E-state index contributed by atoms with van der Waals surface area (Å²) in [6.45, 7) is 4.48. The highest BCUT2D eigenvalue weighted by Gasteiger charge is 2.31. The van der Waals surface area contributed by atoms with Gasteiger partial charge in [-0.25, -0.2) is 13.2 Å². The Labute approximate surface area is 126 Å². The molecule has 1 unspecified atom stereocenters. The molecule has 0 spiro atoms. The van der Waals surface area contributed by atoms with Crippen LogP contribution in [0.3, 0.4) is 0 Å². The van der Waals surface area contributed by atoms with Crippen molar-refractivity contribution >= 4 is 11.8 Å². The first-order valence-electron chi connectivity index (χ1n) is 7.02. The summed E-state index contributed by atoms with van der Waals surface area (Å²) in [6.07, 6.45) is 0.304. The summed E-state index contributed by atoms with van der Waals surface area (Å²) in [7, 11) is 0. The van der Waals surface area contributed by atoms with Crippen LogP contribution in [-0.4, -0.2) is 35.8 Å². The summed E-state index contributed by atoms with van der Waals surface area (Å²) in [5, 5.41) is 2.46. The minimum atomic E-state index is -1.67. The van der Waals surface area contributed by atoms with Crippen molar-refractivity contribution in [1.82, 2.24) is 10.2 Å². The lowest BCUT2D eigenvalue weighted by atomic mass is 10.1. The number of amides is 2. The summed E-state index contributed by atoms with van der Waals surface area (Å²) in [6, 6.07) is 1.67. The molecule has 120 valence electrons. The highest BCUT2D eigenvalue weighted by Crippen LogP contribution is 2.20. The molecule has 1 aromatic rings. The van der Waals surface area contributed by atoms with E-state index in [1.54, 1.807) is 4.90 Å². The number of nitrogens with one attached hydrogen (secondary N) is 1. The van der Waals surface area contributed by atoms with Crippen LogP contribution in [0.4, 0.5) is 13.2 Å². The minimum Gasteiger partial charge on any atom is -0.352 e. The maximum Gasteiger partial charge on any atom is 0.254 e. The van der Waals surface area contributed by atoms with E-state index in [-0.39, 0.29) is 24.4 Å². The molecule has 7 heteroatoms. The third-order valence-corrected chi connectivity index (χ3v) is 3.69. The summed E-state index contributed by atoms with van der Waals surface area (Å²) < 4.78 is 39.4. The fourth-order valence-electron chi connectivity index (χ4n) is 2.48. The van der Waals surface area contributed by atoms with E-state index in [0.29, 0.717) is 19.0 Å². The summed E-state index contributed by atoms with van der Waals surface area (Å²) >= 11 is 0. The molecule has 2 rings (SSSR count). The normalized spacial score (nSPS) is 18.2. The van der Waals surface area contributed by atoms with Gasteiger partial charge in [-0.2, -0.15) is 0 Å². The summed E-state index contributed by atoms with van der Waals surface area (Å²) in [4.78, 5) is 25.3. The summed E-state index contributed by atoms with van der Waals surface area (Å²) in [5.41, 5.74) is -0.552. The SMILES string of the molecule is CC(C)N1CC(CNC(=O)c2ccc(F)c(F)c2F)CC1=O. The quantitative estimate of drug-likeness (QED) is 0.865. The Balaban J connectivity index is 1.97. The minimum absolute atomic E-state index is 0.00764. The smallest absolute Gasteiger partial charge is 0.254 e. The lowest BCUT2D eigenvalue weighted by Gasteiger charge is -2.21. The van der Waals surface area contributed by atoms with E-state index in [0.717, 1.165) is 6.07 Å². The van der Waals surface area contributed by atoms with Crippen molar-refractivity contribution in [2.75, 3.05) is 13.1 Å². The van der Waals surface area contributed by atoms with Crippen molar-refractivity contribution in [2.45, 2.75) is 26.3 Å². The van der Waals surface area contributed by atoms with Crippen molar-refractivity contribution in [1.29, 1.82) is 0 Å². The Morgan fingerprint density at radius 2 is 2.00 bits per heavy atom. The molecular weight excluding hydrogens is 297 g/mol. The molecule has 1 atom stereocenters. The standard InChI is InChI=1S/C15H17F3N2O2/c1-8(2)20-7-9(5-12(20)21)6-19-15(22)10-3-4-11(16)14(18)13(10)17/h3-4,8-9H,5-7H2,1-2H3,(H,19,22). The molecule has 0 saturated carbocycles. The zero-order valence-corrected chi connectivity index (χ0v) is 12.3. The average Bonchev–Trinajstić information content (AvgIpc) is 2.84. The molecule has 1 heterocycles. The van der Waals surface area contributed by atoms with Crippen LogP contribution in [0.15, 0.2) is 12.1 Å². The lowest BCUT2D eigenvalue weighted by molar-refractivity contribution is -0.129. The molecule has 4 nitrogen and oxygen atoms in total. The van der Waals surface area contributed by atoms with Gasteiger partial charge in [0.2, 0.25) is 5.91 Å². The molecule has 22 heavy (non-hydrogen) atoms. The van der Waals surface area contributed by atoms with Crippen LogP contribution in [0, 0.1) is 23.4 Å². The van der Waals surface area contributed by atoms with Crippen molar-refractivity contribution in [3.63, 3.8) is 0 Å². The molecule has 0 aromatic heterocycles. The predicted octanol–water partition coefficient (Wildman–Crippen LogP) is 2.09. The van der Waals surface area contributed by atoms with E-state index in [1.165, 1.54) is 0 Å². The first-order chi connectivity index (χ1) is 10.3. The van der Waals surface area contributed by atoms with E-state index in [4.69, 9.17) is 0 Å². The van der Waals surface area contributed by atoms with Gasteiger partial charge in [0.15, 0.2) is 17.5 Å². The van der Waals surface area contributed by atoms with E-state index >= 15 is 0 Å². The zero-order chi connectivity index (χ0) is 16.4. The van der Waals surface area contributed by atoms with E-state index in [2.05, 4.69) is 5.32 Å². The second-order valence-corrected chi connectivity index (χ2v) is 5.64. The van der Waals surface area contributed by atoms with Gasteiger partial charge in [-0.3, -0.25) is 9.59 Å². The van der Waals surface area contributed by atoms with Crippen LogP contribution in [0.25, 0.3) is 0 Å². The first-order valence-corrected chi connectivity index (χ1v) is 7.02. The monoisotopic (exact) mass is 314 g/mol. The predicted molar refractivity (Wildman–Crippen MR) is 73.6 cm³/mol. The molecule has 1 aromatic carbocycles. The Bertz CT molecular complexity index is 605. The lowest BCUT2D eigenvalue weighted by Crippen LogP contribution is -2.34. The Morgan fingerprint density at radius 1 is 1.32 bits per heavy atom. The molecular formula is C15H17F3N2O2. The summed E-state index contributed by atoms with van der Waals surface area (Å²) in [5.74, 6) is -5.42. The Hall–Kier alpha value is -2.05. The molecule has 1 N–H and O–H groups in total. The molecule has 2 amide bonds. The van der Waals surface area contributed by atoms with Gasteiger partial charge in [0.25, 0.3) is 5.91 Å². The number of halogens is 3. The molecule has 0 bridgehead atoms. The van der Waals surface area contributed by atoms with Gasteiger partial charge >= 0.3 is 0 Å². The molecule has 1 aliphatic heterocycles. The van der Waals surface area contributed by atoms with Gasteiger partial charge in [-0.1, -0.05) is 0 Å². The van der Waals surface area contributed by atoms with Crippen LogP contribution in [0.2, 0.25) is 0 Å². The number of nitrogens with zero attached hydrogens (tertiary/aromatic N) is 1. The van der Waals surface area contributed by atoms with Crippen molar-refractivity contribution in [3.8, 4) is 0 Å². The van der Waals surface area contributed by atoms with Crippen molar-refractivity contribution in [2.24, 2.45) is 5.92 Å². The highest BCUT2D eigenvalue weighted by molar-refractivity contribution is 5.94. The van der Waals surface area contributed by atoms with E-state index in [9.17, 15) is 22.8 Å². The van der Waals surface area contributed by atoms with Crippen LogP contribution in [-0.2, 0) is 4.79 Å². The van der Waals surface area contributed by atoms with Crippen molar-refractivity contribution < 1.29 is 22.8 Å². The van der Waals surface area contributed by atoms with Crippen molar-refractivity contribution in [3.05, 3.63) is 35.1 Å². The van der Waals surface area contributed by atoms with Gasteiger partial charge in [0.1, 0.15) is 0 Å². The molecule has 1 saturated heterocycles. The van der Waals surface area contributed by atoms with Crippen LogP contribution in [0.1, 0.15) is 30.6 Å². The Kier molecular flexibility index (Phi) is 4.73. The number of hydrogen-bond acceptors (Lipinski definition) is 2. The Morgan fingerprint density at radius 3 is 2.59 bits per heavy atom. The van der Waals surface area contributed by atoms with Crippen LogP contribution < -0.4 is 5.32 Å². The third-order valence-electron chi connectivity index (χ3n) is 3.69. The molecule has 0 aliphatic carbocycles. The number of hydrogen-bond donors (Lipinski definition) is 1. The van der Waals surface area contributed by atoms with E-state index < -0.39 is 28.9 Å². The van der Waals surface area contributed by atoms with Crippen LogP contribution in [0.5, 0.6) is 0 Å². The molecule has 1 fully saturated rings. The maximum atomic E-state index is 13.5. The van der Waals surface area contributed by atoms with E-state index in [1.807, 2.05) is 13.8 Å². The largest absolute Gasteiger partial charge is 0.352 e. The number of carbonyl (C=O) groups is 2. The average molecular weight is 314 g/mol. The molecule has 0 radical (unpaired) electrons. The van der Waals surface area contributed by atoms with Gasteiger partial charge in [0.05, 0.1) is 5.56 Å². The number of rotatable bonds is 4. The fraction of sp³-hybridized carbons (Fsp3) is 0.467. The maximum absolute atomic E-state index is 13.5. The fourth-order valence-corrected chi connectivity index (χ4v) is 2.48. The number of benzene rings is 1.